The maximum Gasteiger partial charge on any atom is 0.244 e. The van der Waals surface area contributed by atoms with Crippen molar-refractivity contribution in [2.45, 2.75) is 13.8 Å². The van der Waals surface area contributed by atoms with Crippen LogP contribution in [0, 0.1) is 6.92 Å². The summed E-state index contributed by atoms with van der Waals surface area (Å²) in [6, 6.07) is 5.78. The Labute approximate surface area is 140 Å². The summed E-state index contributed by atoms with van der Waals surface area (Å²) in [6.45, 7) is 5.79. The van der Waals surface area contributed by atoms with Crippen LogP contribution in [-0.2, 0) is 4.79 Å². The maximum atomic E-state index is 11.7. The first-order valence-corrected chi connectivity index (χ1v) is 8.38. The van der Waals surface area contributed by atoms with Gasteiger partial charge in [0, 0.05) is 36.7 Å². The number of thiophene rings is 1. The molecule has 0 saturated carbocycles. The van der Waals surface area contributed by atoms with Gasteiger partial charge in [0.1, 0.15) is 17.5 Å². The third-order valence-corrected chi connectivity index (χ3v) is 3.71. The molecule has 0 spiro atoms. The van der Waals surface area contributed by atoms with Crippen molar-refractivity contribution in [1.29, 1.82) is 0 Å². The number of carbonyl (C=O) groups is 1. The zero-order valence-corrected chi connectivity index (χ0v) is 14.1. The topological polar surface area (TPSA) is 78.9 Å². The van der Waals surface area contributed by atoms with E-state index in [0.29, 0.717) is 18.9 Å². The Morgan fingerprint density at radius 3 is 2.74 bits per heavy atom. The zero-order valence-electron chi connectivity index (χ0n) is 13.3. The van der Waals surface area contributed by atoms with E-state index >= 15 is 0 Å². The highest BCUT2D eigenvalue weighted by molar-refractivity contribution is 7.10. The highest BCUT2D eigenvalue weighted by Crippen LogP contribution is 2.11. The average molecular weight is 331 g/mol. The largest absolute Gasteiger partial charge is 0.370 e. The first kappa shape index (κ1) is 17.0. The third kappa shape index (κ3) is 6.07. The molecule has 0 fully saturated rings. The molecule has 2 rings (SSSR count). The monoisotopic (exact) mass is 331 g/mol. The van der Waals surface area contributed by atoms with Gasteiger partial charge in [-0.05, 0) is 31.4 Å². The summed E-state index contributed by atoms with van der Waals surface area (Å²) in [5, 5.41) is 11.1. The number of aromatic nitrogens is 2. The average Bonchev–Trinajstić information content (AvgIpc) is 3.03. The summed E-state index contributed by atoms with van der Waals surface area (Å²) in [7, 11) is 0. The molecule has 0 aliphatic heterocycles. The van der Waals surface area contributed by atoms with E-state index in [4.69, 9.17) is 0 Å². The molecule has 3 N–H and O–H groups in total. The van der Waals surface area contributed by atoms with E-state index in [0.717, 1.165) is 23.1 Å². The van der Waals surface area contributed by atoms with Crippen LogP contribution in [0.2, 0.25) is 0 Å². The Hall–Kier alpha value is -2.41. The molecule has 6 nitrogen and oxygen atoms in total. The number of carbonyl (C=O) groups excluding carboxylic acids is 1. The summed E-state index contributed by atoms with van der Waals surface area (Å²) < 4.78 is 0. The van der Waals surface area contributed by atoms with Crippen LogP contribution in [0.15, 0.2) is 29.7 Å². The first-order valence-electron chi connectivity index (χ1n) is 7.50. The second kappa shape index (κ2) is 8.89. The van der Waals surface area contributed by atoms with Gasteiger partial charge in [0.2, 0.25) is 5.91 Å². The van der Waals surface area contributed by atoms with Gasteiger partial charge in [-0.15, -0.1) is 11.3 Å². The van der Waals surface area contributed by atoms with Gasteiger partial charge in [-0.1, -0.05) is 6.07 Å². The fraction of sp³-hybridized carbons (Fsp3) is 0.312. The Bertz CT molecular complexity index is 654. The second-order valence-electron chi connectivity index (χ2n) is 4.78. The molecule has 0 saturated heterocycles. The number of anilines is 2. The summed E-state index contributed by atoms with van der Waals surface area (Å²) in [4.78, 5) is 21.4. The van der Waals surface area contributed by atoms with E-state index < -0.39 is 0 Å². The molecule has 0 bridgehead atoms. The molecule has 2 heterocycles. The van der Waals surface area contributed by atoms with Crippen molar-refractivity contribution in [3.8, 4) is 0 Å². The molecule has 0 aliphatic rings. The Balaban J connectivity index is 1.73. The van der Waals surface area contributed by atoms with Gasteiger partial charge < -0.3 is 16.0 Å². The number of rotatable bonds is 8. The van der Waals surface area contributed by atoms with Crippen molar-refractivity contribution in [3.05, 3.63) is 40.4 Å². The molecule has 23 heavy (non-hydrogen) atoms. The van der Waals surface area contributed by atoms with Crippen molar-refractivity contribution < 1.29 is 4.79 Å². The minimum absolute atomic E-state index is 0.104. The normalized spacial score (nSPS) is 10.7. The van der Waals surface area contributed by atoms with Crippen molar-refractivity contribution in [2.75, 3.05) is 30.3 Å². The lowest BCUT2D eigenvalue weighted by atomic mass is 10.4. The number of nitrogens with zero attached hydrogens (tertiary/aromatic N) is 2. The van der Waals surface area contributed by atoms with Crippen LogP contribution < -0.4 is 16.0 Å². The number of nitrogens with one attached hydrogen (secondary N) is 3. The standard InChI is InChI=1S/C16H21N5OS/c1-3-17-14-11-15(21-12(2)20-14)18-8-9-19-16(22)7-6-13-5-4-10-23-13/h4-7,10-11H,3,8-9H2,1-2H3,(H,19,22)(H2,17,18,20,21)/b7-6+. The summed E-state index contributed by atoms with van der Waals surface area (Å²) in [5.74, 6) is 2.14. The predicted molar refractivity (Wildman–Crippen MR) is 95.8 cm³/mol. The highest BCUT2D eigenvalue weighted by Gasteiger charge is 2.01. The molecule has 122 valence electrons. The van der Waals surface area contributed by atoms with Gasteiger partial charge >= 0.3 is 0 Å². The van der Waals surface area contributed by atoms with Crippen LogP contribution in [0.3, 0.4) is 0 Å². The number of hydrogen-bond acceptors (Lipinski definition) is 6. The Morgan fingerprint density at radius 2 is 2.04 bits per heavy atom. The van der Waals surface area contributed by atoms with Gasteiger partial charge in [0.05, 0.1) is 0 Å². The molecule has 7 heteroatoms. The number of amides is 1. The van der Waals surface area contributed by atoms with Crippen molar-refractivity contribution in [1.82, 2.24) is 15.3 Å². The summed E-state index contributed by atoms with van der Waals surface area (Å²) in [6.07, 6.45) is 3.36. The Kier molecular flexibility index (Phi) is 6.56. The van der Waals surface area contributed by atoms with Crippen LogP contribution in [0.5, 0.6) is 0 Å². The fourth-order valence-electron chi connectivity index (χ4n) is 1.91. The molecule has 2 aromatic rings. The SMILES string of the molecule is CCNc1cc(NCCNC(=O)/C=C/c2cccs2)nc(C)n1. The maximum absolute atomic E-state index is 11.7. The quantitative estimate of drug-likeness (QED) is 0.512. The van der Waals surface area contributed by atoms with Gasteiger partial charge in [0.15, 0.2) is 0 Å². The lowest BCUT2D eigenvalue weighted by Crippen LogP contribution is -2.27. The minimum Gasteiger partial charge on any atom is -0.370 e. The molecular formula is C16H21N5OS. The first-order chi connectivity index (χ1) is 11.2. The predicted octanol–water partition coefficient (Wildman–Crippen LogP) is 2.52. The van der Waals surface area contributed by atoms with E-state index in [1.807, 2.05) is 43.5 Å². The van der Waals surface area contributed by atoms with E-state index in [2.05, 4.69) is 25.9 Å². The Morgan fingerprint density at radius 1 is 1.26 bits per heavy atom. The van der Waals surface area contributed by atoms with Crippen molar-refractivity contribution in [2.24, 2.45) is 0 Å². The van der Waals surface area contributed by atoms with E-state index in [1.54, 1.807) is 17.4 Å². The summed E-state index contributed by atoms with van der Waals surface area (Å²) in [5.41, 5.74) is 0. The van der Waals surface area contributed by atoms with Crippen LogP contribution in [0.25, 0.3) is 6.08 Å². The van der Waals surface area contributed by atoms with E-state index in [-0.39, 0.29) is 5.91 Å². The van der Waals surface area contributed by atoms with Gasteiger partial charge in [0.25, 0.3) is 0 Å². The lowest BCUT2D eigenvalue weighted by Gasteiger charge is -2.09. The van der Waals surface area contributed by atoms with Crippen molar-refractivity contribution in [3.63, 3.8) is 0 Å². The molecule has 0 aliphatic carbocycles. The van der Waals surface area contributed by atoms with Crippen LogP contribution >= 0.6 is 11.3 Å². The minimum atomic E-state index is -0.104. The van der Waals surface area contributed by atoms with Crippen LogP contribution in [-0.4, -0.2) is 35.5 Å². The zero-order chi connectivity index (χ0) is 16.5. The number of aryl methyl sites for hydroxylation is 1. The molecular weight excluding hydrogens is 310 g/mol. The van der Waals surface area contributed by atoms with E-state index in [1.165, 1.54) is 0 Å². The second-order valence-corrected chi connectivity index (χ2v) is 5.76. The van der Waals surface area contributed by atoms with E-state index in [9.17, 15) is 4.79 Å². The van der Waals surface area contributed by atoms with Crippen LogP contribution in [0.1, 0.15) is 17.6 Å². The molecule has 1 amide bonds. The van der Waals surface area contributed by atoms with Gasteiger partial charge in [-0.3, -0.25) is 4.79 Å². The third-order valence-electron chi connectivity index (χ3n) is 2.87. The lowest BCUT2D eigenvalue weighted by molar-refractivity contribution is -0.116. The van der Waals surface area contributed by atoms with Gasteiger partial charge in [-0.2, -0.15) is 0 Å². The molecule has 0 radical (unpaired) electrons. The highest BCUT2D eigenvalue weighted by atomic mass is 32.1. The molecule has 0 unspecified atom stereocenters. The number of hydrogen-bond donors (Lipinski definition) is 3. The summed E-state index contributed by atoms with van der Waals surface area (Å²) >= 11 is 1.60. The molecule has 2 aromatic heterocycles. The van der Waals surface area contributed by atoms with Crippen LogP contribution in [0.4, 0.5) is 11.6 Å². The fourth-order valence-corrected chi connectivity index (χ4v) is 2.53. The molecule has 0 atom stereocenters. The smallest absolute Gasteiger partial charge is 0.244 e. The molecule has 0 aromatic carbocycles. The van der Waals surface area contributed by atoms with Gasteiger partial charge in [-0.25, -0.2) is 9.97 Å². The van der Waals surface area contributed by atoms with Crippen molar-refractivity contribution >= 4 is 35.0 Å².